The predicted octanol–water partition coefficient (Wildman–Crippen LogP) is 2.62. The number of benzene rings is 2. The molecule has 3 rings (SSSR count). The van der Waals surface area contributed by atoms with Gasteiger partial charge < -0.3 is 19.7 Å². The quantitative estimate of drug-likeness (QED) is 0.866. The van der Waals surface area contributed by atoms with Crippen LogP contribution in [0.4, 0.5) is 18.9 Å². The number of hydrogen-bond acceptors (Lipinski definition) is 4. The number of hydrogen-bond donors (Lipinski definition) is 1. The maximum absolute atomic E-state index is 12.7. The van der Waals surface area contributed by atoms with Gasteiger partial charge in [0.05, 0.1) is 17.8 Å². The zero-order valence-electron chi connectivity index (χ0n) is 14.8. The molecule has 1 atom stereocenters. The number of carbonyl (C=O) groups excluding carboxylic acids is 2. The molecule has 9 heteroatoms. The molecule has 148 valence electrons. The minimum atomic E-state index is -4.44. The third-order valence-corrected chi connectivity index (χ3v) is 4.16. The highest BCUT2D eigenvalue weighted by Gasteiger charge is 2.33. The van der Waals surface area contributed by atoms with E-state index in [1.807, 2.05) is 0 Å². The summed E-state index contributed by atoms with van der Waals surface area (Å²) in [6.45, 7) is -0.411. The molecule has 0 aliphatic carbocycles. The second kappa shape index (κ2) is 7.79. The zero-order chi connectivity index (χ0) is 20.3. The first-order chi connectivity index (χ1) is 13.3. The van der Waals surface area contributed by atoms with Crippen molar-refractivity contribution in [1.29, 1.82) is 0 Å². The lowest BCUT2D eigenvalue weighted by molar-refractivity contribution is -0.137. The Labute approximate surface area is 158 Å². The van der Waals surface area contributed by atoms with Gasteiger partial charge >= 0.3 is 6.18 Å². The summed E-state index contributed by atoms with van der Waals surface area (Å²) in [6, 6.07) is 10.8. The second-order valence-corrected chi connectivity index (χ2v) is 6.00. The van der Waals surface area contributed by atoms with Crippen LogP contribution in [0.2, 0.25) is 0 Å². The van der Waals surface area contributed by atoms with Crippen molar-refractivity contribution in [3.8, 4) is 11.5 Å². The molecule has 2 amide bonds. The summed E-state index contributed by atoms with van der Waals surface area (Å²) >= 11 is 0. The third kappa shape index (κ3) is 4.19. The van der Waals surface area contributed by atoms with Crippen molar-refractivity contribution >= 4 is 17.5 Å². The van der Waals surface area contributed by atoms with Gasteiger partial charge in [-0.1, -0.05) is 12.1 Å². The number of anilines is 1. The molecule has 0 bridgehead atoms. The molecule has 0 saturated carbocycles. The van der Waals surface area contributed by atoms with Gasteiger partial charge in [-0.15, -0.1) is 0 Å². The number of amides is 2. The number of ether oxygens (including phenoxy) is 2. The highest BCUT2D eigenvalue weighted by Crippen LogP contribution is 2.33. The van der Waals surface area contributed by atoms with Gasteiger partial charge in [0.15, 0.2) is 12.7 Å². The molecule has 0 aromatic heterocycles. The van der Waals surface area contributed by atoms with Gasteiger partial charge in [0.1, 0.15) is 11.5 Å². The topological polar surface area (TPSA) is 67.9 Å². The van der Waals surface area contributed by atoms with Crippen molar-refractivity contribution in [3.63, 3.8) is 0 Å². The number of fused-ring (bicyclic) bond motifs is 1. The van der Waals surface area contributed by atoms with Gasteiger partial charge in [-0.2, -0.15) is 13.2 Å². The Balaban J connectivity index is 1.71. The van der Waals surface area contributed by atoms with Gasteiger partial charge in [-0.25, -0.2) is 0 Å². The number of halogens is 3. The molecule has 1 aliphatic heterocycles. The van der Waals surface area contributed by atoms with Crippen molar-refractivity contribution in [3.05, 3.63) is 54.1 Å². The van der Waals surface area contributed by atoms with Crippen LogP contribution in [-0.4, -0.2) is 38.1 Å². The minimum absolute atomic E-state index is 0.00804. The Morgan fingerprint density at radius 3 is 2.50 bits per heavy atom. The van der Waals surface area contributed by atoms with Crippen LogP contribution in [0, 0.1) is 0 Å². The smallest absolute Gasteiger partial charge is 0.416 e. The van der Waals surface area contributed by atoms with E-state index in [-0.39, 0.29) is 18.2 Å². The van der Waals surface area contributed by atoms with Crippen LogP contribution in [0.1, 0.15) is 5.56 Å². The maximum atomic E-state index is 12.7. The number of carbonyl (C=O) groups is 2. The van der Waals surface area contributed by atoms with E-state index in [9.17, 15) is 22.8 Å². The number of alkyl halides is 3. The summed E-state index contributed by atoms with van der Waals surface area (Å²) in [5.41, 5.74) is -0.314. The Morgan fingerprint density at radius 2 is 1.86 bits per heavy atom. The van der Waals surface area contributed by atoms with Gasteiger partial charge in [0.2, 0.25) is 0 Å². The number of rotatable bonds is 4. The van der Waals surface area contributed by atoms with Crippen molar-refractivity contribution in [1.82, 2.24) is 5.32 Å². The Bertz CT molecular complexity index is 868. The average Bonchev–Trinajstić information content (AvgIpc) is 2.70. The summed E-state index contributed by atoms with van der Waals surface area (Å²) in [7, 11) is 1.46. The Morgan fingerprint density at radius 1 is 1.18 bits per heavy atom. The number of nitrogens with zero attached hydrogens (tertiary/aromatic N) is 1. The molecule has 1 heterocycles. The molecule has 0 radical (unpaired) electrons. The second-order valence-electron chi connectivity index (χ2n) is 6.00. The molecular formula is C19H17F3N2O4. The molecule has 1 aliphatic rings. The minimum Gasteiger partial charge on any atom is -0.484 e. The zero-order valence-corrected chi connectivity index (χ0v) is 14.8. The largest absolute Gasteiger partial charge is 0.484 e. The fourth-order valence-corrected chi connectivity index (χ4v) is 2.73. The van der Waals surface area contributed by atoms with Crippen LogP contribution >= 0.6 is 0 Å². The van der Waals surface area contributed by atoms with Crippen LogP contribution in [0.25, 0.3) is 0 Å². The first-order valence-electron chi connectivity index (χ1n) is 8.37. The highest BCUT2D eigenvalue weighted by atomic mass is 19.4. The summed E-state index contributed by atoms with van der Waals surface area (Å²) in [6.07, 6.45) is -5.32. The average molecular weight is 394 g/mol. The van der Waals surface area contributed by atoms with E-state index in [0.717, 1.165) is 24.3 Å². The number of nitrogens with one attached hydrogen (secondary N) is 1. The van der Waals surface area contributed by atoms with Gasteiger partial charge in [0.25, 0.3) is 11.8 Å². The number of para-hydroxylation sites is 2. The van der Waals surface area contributed by atoms with Crippen LogP contribution in [0.5, 0.6) is 11.5 Å². The molecule has 6 nitrogen and oxygen atoms in total. The Hall–Kier alpha value is -3.23. The molecule has 0 unspecified atom stereocenters. The normalized spacial score (nSPS) is 16.0. The SMILES string of the molecule is CNC(=O)[C@@H]1CN(C(=O)COc2ccc(C(F)(F)F)cc2)c2ccccc2O1. The van der Waals surface area contributed by atoms with E-state index in [1.165, 1.54) is 11.9 Å². The van der Waals surface area contributed by atoms with Gasteiger partial charge in [0, 0.05) is 7.05 Å². The van der Waals surface area contributed by atoms with Crippen molar-refractivity contribution in [2.24, 2.45) is 0 Å². The van der Waals surface area contributed by atoms with Crippen LogP contribution in [-0.2, 0) is 15.8 Å². The molecule has 2 aromatic rings. The molecule has 28 heavy (non-hydrogen) atoms. The molecule has 0 spiro atoms. The maximum Gasteiger partial charge on any atom is 0.416 e. The molecule has 0 fully saturated rings. The van der Waals surface area contributed by atoms with Crippen molar-refractivity contribution in [2.75, 3.05) is 25.1 Å². The molecular weight excluding hydrogens is 377 g/mol. The lowest BCUT2D eigenvalue weighted by Crippen LogP contribution is -2.51. The molecule has 2 aromatic carbocycles. The molecule has 0 saturated heterocycles. The van der Waals surface area contributed by atoms with E-state index in [1.54, 1.807) is 24.3 Å². The van der Waals surface area contributed by atoms with Crippen molar-refractivity contribution < 1.29 is 32.2 Å². The summed E-state index contributed by atoms with van der Waals surface area (Å²) in [5, 5.41) is 2.48. The predicted molar refractivity (Wildman–Crippen MR) is 94.2 cm³/mol. The van der Waals surface area contributed by atoms with E-state index in [0.29, 0.717) is 11.4 Å². The Kier molecular flexibility index (Phi) is 5.43. The molecule has 1 N–H and O–H groups in total. The fraction of sp³-hybridized carbons (Fsp3) is 0.263. The van der Waals surface area contributed by atoms with Crippen LogP contribution < -0.4 is 19.7 Å². The first-order valence-corrected chi connectivity index (χ1v) is 8.37. The van der Waals surface area contributed by atoms with E-state index in [2.05, 4.69) is 5.32 Å². The van der Waals surface area contributed by atoms with Crippen molar-refractivity contribution in [2.45, 2.75) is 12.3 Å². The standard InChI is InChI=1S/C19H17F3N2O4/c1-23-18(26)16-10-24(14-4-2-3-5-15(14)28-16)17(25)11-27-13-8-6-12(7-9-13)19(20,21)22/h2-9,16H,10-11H2,1H3,(H,23,26)/t16-/m0/s1. The van der Waals surface area contributed by atoms with E-state index < -0.39 is 30.4 Å². The van der Waals surface area contributed by atoms with E-state index >= 15 is 0 Å². The van der Waals surface area contributed by atoms with Crippen LogP contribution in [0.15, 0.2) is 48.5 Å². The highest BCUT2D eigenvalue weighted by molar-refractivity contribution is 5.98. The fourth-order valence-electron chi connectivity index (χ4n) is 2.73. The first kappa shape index (κ1) is 19.5. The summed E-state index contributed by atoms with van der Waals surface area (Å²) in [5.74, 6) is -0.323. The third-order valence-electron chi connectivity index (χ3n) is 4.16. The van der Waals surface area contributed by atoms with Gasteiger partial charge in [-0.05, 0) is 36.4 Å². The summed E-state index contributed by atoms with van der Waals surface area (Å²) < 4.78 is 48.8. The van der Waals surface area contributed by atoms with Gasteiger partial charge in [-0.3, -0.25) is 9.59 Å². The lowest BCUT2D eigenvalue weighted by Gasteiger charge is -2.33. The van der Waals surface area contributed by atoms with Crippen LogP contribution in [0.3, 0.4) is 0 Å². The summed E-state index contributed by atoms with van der Waals surface area (Å²) in [4.78, 5) is 26.0. The lowest BCUT2D eigenvalue weighted by atomic mass is 10.1. The monoisotopic (exact) mass is 394 g/mol. The number of likely N-dealkylation sites (N-methyl/N-ethyl adjacent to an activating group) is 1. The van der Waals surface area contributed by atoms with E-state index in [4.69, 9.17) is 9.47 Å².